The van der Waals surface area contributed by atoms with Gasteiger partial charge in [-0.3, -0.25) is 0 Å². The second-order valence-corrected chi connectivity index (χ2v) is 5.53. The highest BCUT2D eigenvalue weighted by molar-refractivity contribution is 9.10. The summed E-state index contributed by atoms with van der Waals surface area (Å²) in [6.07, 6.45) is 0.877. The van der Waals surface area contributed by atoms with Gasteiger partial charge in [0, 0.05) is 0 Å². The van der Waals surface area contributed by atoms with Crippen LogP contribution in [0.2, 0.25) is 0 Å². The van der Waals surface area contributed by atoms with Gasteiger partial charge in [-0.25, -0.2) is 0 Å². The molecule has 2 aromatic carbocycles. The van der Waals surface area contributed by atoms with E-state index >= 15 is 0 Å². The molecule has 0 radical (unpaired) electrons. The molecule has 2 nitrogen and oxygen atoms in total. The molecule has 0 heterocycles. The lowest BCUT2D eigenvalue weighted by Crippen LogP contribution is -2.02. The Morgan fingerprint density at radius 1 is 1.05 bits per heavy atom. The van der Waals surface area contributed by atoms with Crippen molar-refractivity contribution in [1.29, 1.82) is 0 Å². The second kappa shape index (κ2) is 6.22. The molecular formula is C16H18BrNO. The molecule has 0 fully saturated rings. The molecular weight excluding hydrogens is 302 g/mol. The number of hydrogen-bond acceptors (Lipinski definition) is 2. The first-order valence-corrected chi connectivity index (χ1v) is 7.13. The summed E-state index contributed by atoms with van der Waals surface area (Å²) in [4.78, 5) is 0. The minimum Gasteiger partial charge on any atom is -0.456 e. The first-order valence-electron chi connectivity index (χ1n) is 6.34. The molecule has 0 amide bonds. The van der Waals surface area contributed by atoms with E-state index < -0.39 is 0 Å². The molecule has 0 atom stereocenters. The molecule has 0 aliphatic heterocycles. The molecule has 0 aliphatic carbocycles. The van der Waals surface area contributed by atoms with E-state index in [2.05, 4.69) is 53.2 Å². The van der Waals surface area contributed by atoms with Crippen LogP contribution in [-0.2, 0) is 6.42 Å². The number of nitrogens with two attached hydrogens (primary N) is 1. The maximum Gasteiger partial charge on any atom is 0.141 e. The van der Waals surface area contributed by atoms with Crippen LogP contribution in [0.3, 0.4) is 0 Å². The molecule has 0 unspecified atom stereocenters. The third-order valence-corrected chi connectivity index (χ3v) is 3.61. The number of halogens is 1. The number of ether oxygens (including phenoxy) is 1. The van der Waals surface area contributed by atoms with E-state index in [4.69, 9.17) is 10.5 Å². The van der Waals surface area contributed by atoms with E-state index in [-0.39, 0.29) is 0 Å². The Bertz CT molecular complexity index is 581. The van der Waals surface area contributed by atoms with E-state index in [1.807, 2.05) is 13.0 Å². The second-order valence-electron chi connectivity index (χ2n) is 4.67. The van der Waals surface area contributed by atoms with Crippen LogP contribution in [0, 0.1) is 13.8 Å². The van der Waals surface area contributed by atoms with Crippen molar-refractivity contribution in [1.82, 2.24) is 0 Å². The summed E-state index contributed by atoms with van der Waals surface area (Å²) < 4.78 is 6.93. The summed E-state index contributed by atoms with van der Waals surface area (Å²) in [5, 5.41) is 0. The molecule has 100 valence electrons. The van der Waals surface area contributed by atoms with Crippen LogP contribution in [0.1, 0.15) is 16.7 Å². The van der Waals surface area contributed by atoms with Gasteiger partial charge in [-0.2, -0.15) is 0 Å². The van der Waals surface area contributed by atoms with Gasteiger partial charge in [0.2, 0.25) is 0 Å². The fourth-order valence-electron chi connectivity index (χ4n) is 1.89. The predicted octanol–water partition coefficient (Wildman–Crippen LogP) is 4.36. The normalized spacial score (nSPS) is 10.5. The van der Waals surface area contributed by atoms with Crippen molar-refractivity contribution in [2.75, 3.05) is 6.54 Å². The molecule has 0 aliphatic rings. The van der Waals surface area contributed by atoms with E-state index in [1.54, 1.807) is 0 Å². The third-order valence-electron chi connectivity index (χ3n) is 2.99. The first kappa shape index (κ1) is 14.1. The highest BCUT2D eigenvalue weighted by Gasteiger charge is 2.06. The topological polar surface area (TPSA) is 35.2 Å². The maximum absolute atomic E-state index is 5.98. The fourth-order valence-corrected chi connectivity index (χ4v) is 2.39. The highest BCUT2D eigenvalue weighted by Crippen LogP contribution is 2.32. The minimum absolute atomic E-state index is 0.656. The summed E-state index contributed by atoms with van der Waals surface area (Å²) in [6, 6.07) is 12.3. The van der Waals surface area contributed by atoms with Gasteiger partial charge in [0.05, 0.1) is 4.47 Å². The lowest BCUT2D eigenvalue weighted by molar-refractivity contribution is 0.475. The standard InChI is InChI=1S/C16H18BrNO/c1-11-3-4-12(2)16(9-11)19-15-6-5-13(7-8-18)10-14(15)17/h3-6,9-10H,7-8,18H2,1-2H3. The zero-order chi connectivity index (χ0) is 13.8. The third kappa shape index (κ3) is 3.58. The minimum atomic E-state index is 0.656. The average molecular weight is 320 g/mol. The van der Waals surface area contributed by atoms with Crippen molar-refractivity contribution in [3.05, 3.63) is 57.6 Å². The largest absolute Gasteiger partial charge is 0.456 e. The number of aryl methyl sites for hydroxylation is 2. The van der Waals surface area contributed by atoms with Crippen molar-refractivity contribution < 1.29 is 4.74 Å². The summed E-state index contributed by atoms with van der Waals surface area (Å²) in [5.74, 6) is 1.72. The van der Waals surface area contributed by atoms with E-state index in [9.17, 15) is 0 Å². The lowest BCUT2D eigenvalue weighted by Gasteiger charge is -2.12. The molecule has 3 heteroatoms. The lowest BCUT2D eigenvalue weighted by atomic mass is 10.1. The van der Waals surface area contributed by atoms with Gasteiger partial charge in [0.1, 0.15) is 11.5 Å². The van der Waals surface area contributed by atoms with Gasteiger partial charge in [-0.1, -0.05) is 18.2 Å². The molecule has 2 N–H and O–H groups in total. The van der Waals surface area contributed by atoms with Gasteiger partial charge in [0.25, 0.3) is 0 Å². The zero-order valence-electron chi connectivity index (χ0n) is 11.2. The molecule has 2 rings (SSSR count). The molecule has 0 aromatic heterocycles. The first-order chi connectivity index (χ1) is 9.10. The van der Waals surface area contributed by atoms with Gasteiger partial charge in [0.15, 0.2) is 0 Å². The van der Waals surface area contributed by atoms with Crippen molar-refractivity contribution in [3.63, 3.8) is 0 Å². The van der Waals surface area contributed by atoms with Crippen molar-refractivity contribution in [2.24, 2.45) is 5.73 Å². The predicted molar refractivity (Wildman–Crippen MR) is 82.9 cm³/mol. The average Bonchev–Trinajstić information content (AvgIpc) is 2.37. The molecule has 2 aromatic rings. The number of rotatable bonds is 4. The van der Waals surface area contributed by atoms with Crippen LogP contribution in [0.4, 0.5) is 0 Å². The van der Waals surface area contributed by atoms with E-state index in [1.165, 1.54) is 11.1 Å². The van der Waals surface area contributed by atoms with Crippen LogP contribution >= 0.6 is 15.9 Å². The zero-order valence-corrected chi connectivity index (χ0v) is 12.8. The summed E-state index contributed by atoms with van der Waals surface area (Å²) >= 11 is 3.55. The Labute approximate surface area is 122 Å². The molecule has 19 heavy (non-hydrogen) atoms. The van der Waals surface area contributed by atoms with Crippen LogP contribution in [-0.4, -0.2) is 6.54 Å². The molecule has 0 saturated heterocycles. The Balaban J connectivity index is 2.25. The number of benzene rings is 2. The Hall–Kier alpha value is -1.32. The Kier molecular flexibility index (Phi) is 4.61. The quantitative estimate of drug-likeness (QED) is 0.908. The van der Waals surface area contributed by atoms with Crippen molar-refractivity contribution in [2.45, 2.75) is 20.3 Å². The molecule has 0 saturated carbocycles. The molecule has 0 spiro atoms. The van der Waals surface area contributed by atoms with Crippen LogP contribution in [0.25, 0.3) is 0 Å². The smallest absolute Gasteiger partial charge is 0.141 e. The van der Waals surface area contributed by atoms with Crippen molar-refractivity contribution >= 4 is 15.9 Å². The van der Waals surface area contributed by atoms with E-state index in [0.29, 0.717) is 6.54 Å². The Morgan fingerprint density at radius 3 is 2.53 bits per heavy atom. The molecule has 0 bridgehead atoms. The maximum atomic E-state index is 5.98. The van der Waals surface area contributed by atoms with Gasteiger partial charge in [-0.05, 0) is 77.6 Å². The monoisotopic (exact) mass is 319 g/mol. The summed E-state index contributed by atoms with van der Waals surface area (Å²) in [6.45, 7) is 4.76. The SMILES string of the molecule is Cc1ccc(C)c(Oc2ccc(CCN)cc2Br)c1. The van der Waals surface area contributed by atoms with Gasteiger partial charge < -0.3 is 10.5 Å². The Morgan fingerprint density at radius 2 is 1.84 bits per heavy atom. The van der Waals surface area contributed by atoms with E-state index in [0.717, 1.165) is 28.0 Å². The van der Waals surface area contributed by atoms with Crippen molar-refractivity contribution in [3.8, 4) is 11.5 Å². The summed E-state index contributed by atoms with van der Waals surface area (Å²) in [7, 11) is 0. The fraction of sp³-hybridized carbons (Fsp3) is 0.250. The van der Waals surface area contributed by atoms with Gasteiger partial charge >= 0.3 is 0 Å². The van der Waals surface area contributed by atoms with Crippen LogP contribution in [0.15, 0.2) is 40.9 Å². The number of hydrogen-bond donors (Lipinski definition) is 1. The highest BCUT2D eigenvalue weighted by atomic mass is 79.9. The summed E-state index contributed by atoms with van der Waals surface area (Å²) in [5.41, 5.74) is 9.09. The van der Waals surface area contributed by atoms with Crippen LogP contribution in [0.5, 0.6) is 11.5 Å². The van der Waals surface area contributed by atoms with Crippen LogP contribution < -0.4 is 10.5 Å². The van der Waals surface area contributed by atoms with Gasteiger partial charge in [-0.15, -0.1) is 0 Å².